The summed E-state index contributed by atoms with van der Waals surface area (Å²) in [6.45, 7) is 4.22. The van der Waals surface area contributed by atoms with E-state index >= 15 is 0 Å². The average molecular weight is 491 g/mol. The molecule has 0 fully saturated rings. The number of hydrogen-bond donors (Lipinski definition) is 0. The van der Waals surface area contributed by atoms with Gasteiger partial charge in [-0.2, -0.15) is 4.57 Å². The van der Waals surface area contributed by atoms with Gasteiger partial charge in [0.1, 0.15) is 0 Å². The molecular weight excluding hydrogens is 450 g/mol. The van der Waals surface area contributed by atoms with E-state index in [2.05, 4.69) is 42.0 Å². The van der Waals surface area contributed by atoms with Crippen LogP contribution in [0.2, 0.25) is 0 Å². The summed E-state index contributed by atoms with van der Waals surface area (Å²) < 4.78 is 25.6. The maximum absolute atomic E-state index is 6.36. The Bertz CT molecular complexity index is 1190. The summed E-state index contributed by atoms with van der Waals surface area (Å²) >= 11 is 0. The molecule has 2 aliphatic rings. The van der Waals surface area contributed by atoms with Gasteiger partial charge in [0.15, 0.2) is 35.7 Å². The van der Waals surface area contributed by atoms with Crippen molar-refractivity contribution in [1.29, 1.82) is 0 Å². The molecular formula is C31H40NO4+. The van der Waals surface area contributed by atoms with Crippen molar-refractivity contribution in [2.75, 3.05) is 20.5 Å². The van der Waals surface area contributed by atoms with E-state index in [1.165, 1.54) is 74.6 Å². The number of aryl methyl sites for hydroxylation is 2. The van der Waals surface area contributed by atoms with Crippen molar-refractivity contribution in [1.82, 2.24) is 0 Å². The van der Waals surface area contributed by atoms with Crippen LogP contribution in [0.4, 0.5) is 0 Å². The number of benzene rings is 2. The molecule has 0 spiro atoms. The first-order valence-corrected chi connectivity index (χ1v) is 13.9. The molecule has 192 valence electrons. The van der Waals surface area contributed by atoms with Crippen LogP contribution in [0.25, 0.3) is 22.0 Å². The second-order valence-corrected chi connectivity index (χ2v) is 10.1. The number of pyridine rings is 1. The maximum Gasteiger partial charge on any atom is 0.231 e. The standard InChI is InChI=1S/C31H40NO4/c1-3-4-5-6-7-8-9-10-11-12-17-34-31-26-21-32-16-15-24-19-29-30(36-22-35-29)20-25(24)27(32)18-23(26)13-14-28(31)33-2/h13-14,18-21H,3-12,15-17,22H2,1-2H3/q+1. The highest BCUT2D eigenvalue weighted by Crippen LogP contribution is 2.41. The predicted octanol–water partition coefficient (Wildman–Crippen LogP) is 7.39. The molecule has 5 nitrogen and oxygen atoms in total. The number of methoxy groups -OCH3 is 1. The van der Waals surface area contributed by atoms with E-state index in [9.17, 15) is 0 Å². The fourth-order valence-electron chi connectivity index (χ4n) is 5.47. The van der Waals surface area contributed by atoms with Crippen LogP contribution in [0, 0.1) is 0 Å². The van der Waals surface area contributed by atoms with Crippen molar-refractivity contribution < 1.29 is 23.5 Å². The lowest BCUT2D eigenvalue weighted by Gasteiger charge is -2.18. The van der Waals surface area contributed by atoms with Gasteiger partial charge in [-0.25, -0.2) is 0 Å². The number of hydrogen-bond acceptors (Lipinski definition) is 4. The quantitative estimate of drug-likeness (QED) is 0.185. The molecule has 3 aromatic rings. The summed E-state index contributed by atoms with van der Waals surface area (Å²) in [5, 5.41) is 2.26. The summed E-state index contributed by atoms with van der Waals surface area (Å²) in [4.78, 5) is 0. The lowest BCUT2D eigenvalue weighted by molar-refractivity contribution is -0.686. The van der Waals surface area contributed by atoms with Gasteiger partial charge < -0.3 is 18.9 Å². The highest BCUT2D eigenvalue weighted by molar-refractivity contribution is 5.91. The highest BCUT2D eigenvalue weighted by Gasteiger charge is 2.28. The van der Waals surface area contributed by atoms with Gasteiger partial charge in [-0.1, -0.05) is 64.7 Å². The second-order valence-electron chi connectivity index (χ2n) is 10.1. The fourth-order valence-corrected chi connectivity index (χ4v) is 5.47. The van der Waals surface area contributed by atoms with Crippen molar-refractivity contribution in [3.63, 3.8) is 0 Å². The summed E-state index contributed by atoms with van der Waals surface area (Å²) in [6.07, 6.45) is 16.4. The molecule has 2 aromatic carbocycles. The third kappa shape index (κ3) is 5.40. The number of fused-ring (bicyclic) bond motifs is 5. The number of nitrogens with zero attached hydrogens (tertiary/aromatic N) is 1. The first-order chi connectivity index (χ1) is 17.8. The Kier molecular flexibility index (Phi) is 8.15. The van der Waals surface area contributed by atoms with Crippen molar-refractivity contribution in [2.45, 2.75) is 84.1 Å². The Hall–Kier alpha value is -2.95. The van der Waals surface area contributed by atoms with Gasteiger partial charge >= 0.3 is 0 Å². The Morgan fingerprint density at radius 3 is 2.33 bits per heavy atom. The first-order valence-electron chi connectivity index (χ1n) is 13.9. The third-order valence-corrected chi connectivity index (χ3v) is 7.54. The lowest BCUT2D eigenvalue weighted by atomic mass is 9.95. The fraction of sp³-hybridized carbons (Fsp3) is 0.516. The van der Waals surface area contributed by atoms with Gasteiger partial charge in [0.2, 0.25) is 12.5 Å². The van der Waals surface area contributed by atoms with Gasteiger partial charge in [-0.3, -0.25) is 0 Å². The van der Waals surface area contributed by atoms with Crippen molar-refractivity contribution in [3.8, 4) is 34.3 Å². The molecule has 5 rings (SSSR count). The minimum Gasteiger partial charge on any atom is -0.493 e. The van der Waals surface area contributed by atoms with E-state index in [0.29, 0.717) is 6.79 Å². The number of rotatable bonds is 13. The molecule has 3 heterocycles. The highest BCUT2D eigenvalue weighted by atomic mass is 16.7. The summed E-state index contributed by atoms with van der Waals surface area (Å²) in [5.41, 5.74) is 3.73. The monoisotopic (exact) mass is 490 g/mol. The van der Waals surface area contributed by atoms with E-state index in [1.54, 1.807) is 7.11 Å². The first kappa shape index (κ1) is 24.7. The molecule has 0 unspecified atom stereocenters. The molecule has 0 radical (unpaired) electrons. The molecule has 0 atom stereocenters. The third-order valence-electron chi connectivity index (χ3n) is 7.54. The number of aromatic nitrogens is 1. The summed E-state index contributed by atoms with van der Waals surface area (Å²) in [7, 11) is 1.72. The molecule has 36 heavy (non-hydrogen) atoms. The number of unbranched alkanes of at least 4 members (excludes halogenated alkanes) is 9. The summed E-state index contributed by atoms with van der Waals surface area (Å²) in [6, 6.07) is 10.7. The summed E-state index contributed by atoms with van der Waals surface area (Å²) in [5.74, 6) is 3.35. The van der Waals surface area contributed by atoms with Crippen LogP contribution in [0.5, 0.6) is 23.0 Å². The lowest BCUT2D eigenvalue weighted by Crippen LogP contribution is -2.40. The SMILES string of the molecule is CCCCCCCCCCCCOc1c(OC)ccc2cc3[n+](cc12)CCc1cc2c(cc1-3)OCO2. The van der Waals surface area contributed by atoms with Crippen LogP contribution >= 0.6 is 0 Å². The Morgan fingerprint density at radius 1 is 0.861 bits per heavy atom. The maximum atomic E-state index is 6.36. The average Bonchev–Trinajstić information content (AvgIpc) is 3.37. The van der Waals surface area contributed by atoms with Crippen LogP contribution < -0.4 is 23.5 Å². The van der Waals surface area contributed by atoms with E-state index in [4.69, 9.17) is 18.9 Å². The van der Waals surface area contributed by atoms with E-state index in [1.807, 2.05) is 6.07 Å². The van der Waals surface area contributed by atoms with Crippen LogP contribution in [0.1, 0.15) is 76.7 Å². The smallest absolute Gasteiger partial charge is 0.231 e. The zero-order chi connectivity index (χ0) is 24.7. The van der Waals surface area contributed by atoms with Crippen molar-refractivity contribution in [3.05, 3.63) is 42.1 Å². The Balaban J connectivity index is 1.24. The van der Waals surface area contributed by atoms with Crippen LogP contribution in [-0.4, -0.2) is 20.5 Å². The molecule has 0 amide bonds. The molecule has 0 saturated heterocycles. The van der Waals surface area contributed by atoms with Crippen molar-refractivity contribution in [2.24, 2.45) is 0 Å². The number of ether oxygens (including phenoxy) is 4. The minimum absolute atomic E-state index is 0.301. The van der Waals surface area contributed by atoms with Gasteiger partial charge in [-0.05, 0) is 41.6 Å². The molecule has 0 bridgehead atoms. The van der Waals surface area contributed by atoms with E-state index < -0.39 is 0 Å². The second kappa shape index (κ2) is 11.9. The van der Waals surface area contributed by atoms with Crippen LogP contribution in [0.3, 0.4) is 0 Å². The Labute approximate surface area is 215 Å². The van der Waals surface area contributed by atoms with Gasteiger partial charge in [-0.15, -0.1) is 0 Å². The topological polar surface area (TPSA) is 40.8 Å². The van der Waals surface area contributed by atoms with Gasteiger partial charge in [0, 0.05) is 12.5 Å². The predicted molar refractivity (Wildman–Crippen MR) is 143 cm³/mol. The molecule has 5 heteroatoms. The molecule has 0 saturated carbocycles. The van der Waals surface area contributed by atoms with Crippen LogP contribution in [0.15, 0.2) is 36.5 Å². The van der Waals surface area contributed by atoms with E-state index in [-0.39, 0.29) is 0 Å². The largest absolute Gasteiger partial charge is 0.493 e. The van der Waals surface area contributed by atoms with Gasteiger partial charge in [0.25, 0.3) is 0 Å². The molecule has 1 aromatic heterocycles. The van der Waals surface area contributed by atoms with Gasteiger partial charge in [0.05, 0.1) is 24.7 Å². The molecule has 0 aliphatic carbocycles. The van der Waals surface area contributed by atoms with Crippen molar-refractivity contribution >= 4 is 10.8 Å². The molecule has 0 N–H and O–H groups in total. The normalized spacial score (nSPS) is 13.5. The van der Waals surface area contributed by atoms with E-state index in [0.717, 1.165) is 59.8 Å². The minimum atomic E-state index is 0.301. The van der Waals surface area contributed by atoms with Crippen LogP contribution in [-0.2, 0) is 13.0 Å². The molecule has 2 aliphatic heterocycles. The zero-order valence-corrected chi connectivity index (χ0v) is 21.9. The Morgan fingerprint density at radius 2 is 1.58 bits per heavy atom. The zero-order valence-electron chi connectivity index (χ0n) is 21.9.